The minimum Gasteiger partial charge on any atom is -0.348 e. The Labute approximate surface area is 177 Å². The molecule has 1 aliphatic heterocycles. The Morgan fingerprint density at radius 3 is 2.53 bits per heavy atom. The Balaban J connectivity index is 1.26. The monoisotopic (exact) mass is 416 g/mol. The van der Waals surface area contributed by atoms with Crippen LogP contribution in [0.1, 0.15) is 12.8 Å². The number of hydrogen-bond donors (Lipinski definition) is 1. The molecule has 0 bridgehead atoms. The summed E-state index contributed by atoms with van der Waals surface area (Å²) in [6.45, 7) is 1.62. The van der Waals surface area contributed by atoms with Gasteiger partial charge in [0.25, 0.3) is 0 Å². The van der Waals surface area contributed by atoms with E-state index < -0.39 is 0 Å². The van der Waals surface area contributed by atoms with Crippen molar-refractivity contribution >= 4 is 38.4 Å². The van der Waals surface area contributed by atoms with Crippen molar-refractivity contribution in [2.75, 3.05) is 23.3 Å². The summed E-state index contributed by atoms with van der Waals surface area (Å²) in [6.07, 6.45) is 6.66. The van der Waals surface area contributed by atoms with Crippen molar-refractivity contribution < 1.29 is 4.79 Å². The van der Waals surface area contributed by atoms with Crippen molar-refractivity contribution in [2.45, 2.75) is 12.8 Å². The summed E-state index contributed by atoms with van der Waals surface area (Å²) in [5.41, 5.74) is 3.47. The largest absolute Gasteiger partial charge is 0.348 e. The smallest absolute Gasteiger partial charge is 0.227 e. The molecule has 0 spiro atoms. The number of aromatic nitrogens is 4. The third-order valence-corrected chi connectivity index (χ3v) is 6.30. The van der Waals surface area contributed by atoms with E-state index in [0.29, 0.717) is 0 Å². The van der Waals surface area contributed by atoms with Crippen LogP contribution in [0.2, 0.25) is 0 Å². The average molecular weight is 417 g/mol. The van der Waals surface area contributed by atoms with E-state index in [0.717, 1.165) is 58.4 Å². The van der Waals surface area contributed by atoms with Gasteiger partial charge in [-0.15, -0.1) is 0 Å². The van der Waals surface area contributed by atoms with Gasteiger partial charge in [-0.3, -0.25) is 4.79 Å². The second-order valence-electron chi connectivity index (χ2n) is 7.26. The van der Waals surface area contributed by atoms with Crippen molar-refractivity contribution in [3.05, 3.63) is 61.2 Å². The van der Waals surface area contributed by atoms with Crippen LogP contribution in [0.4, 0.5) is 10.8 Å². The van der Waals surface area contributed by atoms with Crippen LogP contribution in [-0.2, 0) is 4.79 Å². The lowest BCUT2D eigenvalue weighted by atomic mass is 9.96. The van der Waals surface area contributed by atoms with Crippen LogP contribution >= 0.6 is 11.3 Å². The summed E-state index contributed by atoms with van der Waals surface area (Å²) in [5.74, 6) is 0.125. The van der Waals surface area contributed by atoms with Gasteiger partial charge in [0.2, 0.25) is 5.91 Å². The van der Waals surface area contributed by atoms with Gasteiger partial charge in [0, 0.05) is 42.7 Å². The van der Waals surface area contributed by atoms with Gasteiger partial charge in [-0.05, 0) is 37.1 Å². The lowest BCUT2D eigenvalue weighted by Gasteiger charge is -2.30. The molecular weight excluding hydrogens is 396 g/mol. The number of benzene rings is 1. The van der Waals surface area contributed by atoms with Gasteiger partial charge >= 0.3 is 0 Å². The maximum Gasteiger partial charge on any atom is 0.227 e. The summed E-state index contributed by atoms with van der Waals surface area (Å²) in [4.78, 5) is 33.3. The average Bonchev–Trinajstić information content (AvgIpc) is 3.24. The Kier molecular flexibility index (Phi) is 5.06. The fourth-order valence-electron chi connectivity index (χ4n) is 3.63. The predicted octanol–water partition coefficient (Wildman–Crippen LogP) is 4.00. The van der Waals surface area contributed by atoms with Gasteiger partial charge in [-0.25, -0.2) is 19.9 Å². The van der Waals surface area contributed by atoms with Crippen molar-refractivity contribution in [3.8, 4) is 11.3 Å². The van der Waals surface area contributed by atoms with E-state index in [4.69, 9.17) is 9.97 Å². The summed E-state index contributed by atoms with van der Waals surface area (Å²) in [6, 6.07) is 13.6. The SMILES string of the molecule is O=C(Nc1ccccc1)C1CCN(c2nc3ccc(-c4cncnc4)nc3s2)CC1. The van der Waals surface area contributed by atoms with Crippen molar-refractivity contribution in [1.29, 1.82) is 0 Å². The molecule has 1 fully saturated rings. The van der Waals surface area contributed by atoms with Gasteiger partial charge in [0.1, 0.15) is 16.7 Å². The van der Waals surface area contributed by atoms with E-state index in [9.17, 15) is 4.79 Å². The molecule has 0 radical (unpaired) electrons. The second kappa shape index (κ2) is 8.16. The molecule has 1 amide bonds. The first-order chi connectivity index (χ1) is 14.8. The van der Waals surface area contributed by atoms with E-state index in [1.165, 1.54) is 6.33 Å². The van der Waals surface area contributed by atoms with Crippen LogP contribution in [0.25, 0.3) is 21.6 Å². The predicted molar refractivity (Wildman–Crippen MR) is 118 cm³/mol. The highest BCUT2D eigenvalue weighted by Gasteiger charge is 2.26. The lowest BCUT2D eigenvalue weighted by Crippen LogP contribution is -2.38. The minimum atomic E-state index is 0.0265. The summed E-state index contributed by atoms with van der Waals surface area (Å²) < 4.78 is 0. The van der Waals surface area contributed by atoms with Gasteiger partial charge < -0.3 is 10.2 Å². The van der Waals surface area contributed by atoms with Crippen LogP contribution in [0.15, 0.2) is 61.2 Å². The maximum absolute atomic E-state index is 12.6. The Morgan fingerprint density at radius 2 is 1.77 bits per heavy atom. The van der Waals surface area contributed by atoms with Crippen molar-refractivity contribution in [3.63, 3.8) is 0 Å². The first-order valence-electron chi connectivity index (χ1n) is 9.90. The molecule has 0 saturated carbocycles. The zero-order valence-corrected chi connectivity index (χ0v) is 17.0. The zero-order chi connectivity index (χ0) is 20.3. The third-order valence-electron chi connectivity index (χ3n) is 5.28. The van der Waals surface area contributed by atoms with Gasteiger partial charge in [-0.2, -0.15) is 0 Å². The van der Waals surface area contributed by atoms with Crippen LogP contribution in [0.5, 0.6) is 0 Å². The topological polar surface area (TPSA) is 83.9 Å². The molecule has 1 N–H and O–H groups in total. The normalized spacial score (nSPS) is 14.7. The molecule has 0 aliphatic carbocycles. The lowest BCUT2D eigenvalue weighted by molar-refractivity contribution is -0.120. The summed E-state index contributed by atoms with van der Waals surface area (Å²) in [5, 5.41) is 3.98. The molecule has 0 unspecified atom stereocenters. The van der Waals surface area contributed by atoms with E-state index in [-0.39, 0.29) is 11.8 Å². The van der Waals surface area contributed by atoms with Gasteiger partial charge in [0.15, 0.2) is 5.13 Å². The molecule has 8 heteroatoms. The standard InChI is InChI=1S/C22H20N6OS/c29-20(25-17-4-2-1-3-5-17)15-8-10-28(11-9-15)22-27-19-7-6-18(26-21(19)30-22)16-12-23-14-24-13-16/h1-7,12-15H,8-11H2,(H,25,29). The van der Waals surface area contributed by atoms with E-state index in [2.05, 4.69) is 20.2 Å². The molecule has 1 saturated heterocycles. The molecule has 30 heavy (non-hydrogen) atoms. The highest BCUT2D eigenvalue weighted by Crippen LogP contribution is 2.32. The number of fused-ring (bicyclic) bond motifs is 1. The molecule has 3 aromatic heterocycles. The molecule has 5 rings (SSSR count). The number of piperidine rings is 1. The van der Waals surface area contributed by atoms with E-state index >= 15 is 0 Å². The first-order valence-corrected chi connectivity index (χ1v) is 10.7. The number of rotatable bonds is 4. The van der Waals surface area contributed by atoms with Crippen LogP contribution in [0.3, 0.4) is 0 Å². The number of anilines is 2. The Bertz CT molecular complexity index is 1160. The number of carbonyl (C=O) groups excluding carboxylic acids is 1. The minimum absolute atomic E-state index is 0.0265. The molecule has 0 atom stereocenters. The van der Waals surface area contributed by atoms with Crippen LogP contribution in [-0.4, -0.2) is 38.9 Å². The Morgan fingerprint density at radius 1 is 1.00 bits per heavy atom. The number of amides is 1. The molecular formula is C22H20N6OS. The maximum atomic E-state index is 12.6. The fourth-order valence-corrected chi connectivity index (χ4v) is 4.62. The first kappa shape index (κ1) is 18.6. The number of para-hydroxylation sites is 1. The summed E-state index contributed by atoms with van der Waals surface area (Å²) >= 11 is 1.59. The number of thiazole rings is 1. The molecule has 7 nitrogen and oxygen atoms in total. The second-order valence-corrected chi connectivity index (χ2v) is 8.22. The summed E-state index contributed by atoms with van der Waals surface area (Å²) in [7, 11) is 0. The number of hydrogen-bond acceptors (Lipinski definition) is 7. The quantitative estimate of drug-likeness (QED) is 0.541. The number of nitrogens with zero attached hydrogens (tertiary/aromatic N) is 5. The highest BCUT2D eigenvalue weighted by atomic mass is 32.1. The molecule has 1 aliphatic rings. The van der Waals surface area contributed by atoms with Crippen LogP contribution in [0, 0.1) is 5.92 Å². The molecule has 4 heterocycles. The number of pyridine rings is 1. The highest BCUT2D eigenvalue weighted by molar-refractivity contribution is 7.21. The van der Waals surface area contributed by atoms with Crippen molar-refractivity contribution in [1.82, 2.24) is 19.9 Å². The molecule has 150 valence electrons. The molecule has 4 aromatic rings. The number of nitrogens with one attached hydrogen (secondary N) is 1. The fraction of sp³-hybridized carbons (Fsp3) is 0.227. The van der Waals surface area contributed by atoms with Crippen LogP contribution < -0.4 is 10.2 Å². The molecule has 1 aromatic carbocycles. The van der Waals surface area contributed by atoms with E-state index in [1.807, 2.05) is 42.5 Å². The van der Waals surface area contributed by atoms with Gasteiger partial charge in [0.05, 0.1) is 5.69 Å². The zero-order valence-electron chi connectivity index (χ0n) is 16.2. The van der Waals surface area contributed by atoms with Gasteiger partial charge in [-0.1, -0.05) is 29.5 Å². The van der Waals surface area contributed by atoms with Crippen molar-refractivity contribution in [2.24, 2.45) is 5.92 Å². The third kappa shape index (κ3) is 3.86. The Hall–Kier alpha value is -3.39. The van der Waals surface area contributed by atoms with E-state index in [1.54, 1.807) is 23.7 Å². The number of carbonyl (C=O) groups is 1.